The van der Waals surface area contributed by atoms with Crippen molar-refractivity contribution in [3.05, 3.63) is 0 Å². The van der Waals surface area contributed by atoms with Gasteiger partial charge in [-0.1, -0.05) is 41.5 Å². The first kappa shape index (κ1) is 15.0. The van der Waals surface area contributed by atoms with Crippen molar-refractivity contribution < 1.29 is 5.11 Å². The molecule has 92 valence electrons. The summed E-state index contributed by atoms with van der Waals surface area (Å²) in [5.74, 6) is 1.40. The van der Waals surface area contributed by atoms with E-state index in [-0.39, 0.29) is 6.10 Å². The molecule has 0 fully saturated rings. The van der Waals surface area contributed by atoms with Gasteiger partial charge in [0.1, 0.15) is 0 Å². The van der Waals surface area contributed by atoms with Gasteiger partial charge in [0.2, 0.25) is 0 Å². The van der Waals surface area contributed by atoms with Gasteiger partial charge in [0, 0.05) is 0 Å². The van der Waals surface area contributed by atoms with E-state index in [0.717, 1.165) is 25.7 Å². The lowest BCUT2D eigenvalue weighted by atomic mass is 9.76. The maximum absolute atomic E-state index is 9.84. The zero-order chi connectivity index (χ0) is 12.1. The van der Waals surface area contributed by atoms with Gasteiger partial charge in [0.25, 0.3) is 0 Å². The predicted molar refractivity (Wildman–Crippen MR) is 67.9 cm³/mol. The van der Waals surface area contributed by atoms with E-state index in [1.807, 2.05) is 0 Å². The maximum atomic E-state index is 9.84. The molecule has 1 N–H and O–H groups in total. The highest BCUT2D eigenvalue weighted by molar-refractivity contribution is 4.74. The number of aliphatic hydroxyl groups excluding tert-OH is 1. The molecule has 1 heteroatoms. The lowest BCUT2D eigenvalue weighted by Gasteiger charge is -2.30. The van der Waals surface area contributed by atoms with Crippen molar-refractivity contribution in [3.63, 3.8) is 0 Å². The highest BCUT2D eigenvalue weighted by Crippen LogP contribution is 2.32. The summed E-state index contributed by atoms with van der Waals surface area (Å²) < 4.78 is 0. The van der Waals surface area contributed by atoms with E-state index >= 15 is 0 Å². The molecule has 1 nitrogen and oxygen atoms in total. The monoisotopic (exact) mass is 214 g/mol. The van der Waals surface area contributed by atoms with Crippen LogP contribution in [-0.2, 0) is 0 Å². The molecular weight excluding hydrogens is 184 g/mol. The number of hydrogen-bond donors (Lipinski definition) is 1. The van der Waals surface area contributed by atoms with Crippen molar-refractivity contribution >= 4 is 0 Å². The SMILES string of the molecule is CC(C)CCC(O)CCC(C)(C)C(C)C. The van der Waals surface area contributed by atoms with Crippen LogP contribution in [0.1, 0.15) is 67.2 Å². The van der Waals surface area contributed by atoms with Crippen LogP contribution in [0.25, 0.3) is 0 Å². The molecule has 15 heavy (non-hydrogen) atoms. The summed E-state index contributed by atoms with van der Waals surface area (Å²) in [6.07, 6.45) is 4.10. The molecule has 0 bridgehead atoms. The van der Waals surface area contributed by atoms with E-state index in [9.17, 15) is 5.11 Å². The molecule has 0 saturated carbocycles. The summed E-state index contributed by atoms with van der Waals surface area (Å²) in [4.78, 5) is 0. The Morgan fingerprint density at radius 3 is 1.87 bits per heavy atom. The van der Waals surface area contributed by atoms with E-state index in [4.69, 9.17) is 0 Å². The lowest BCUT2D eigenvalue weighted by Crippen LogP contribution is -2.21. The summed E-state index contributed by atoms with van der Waals surface area (Å²) in [6, 6.07) is 0. The van der Waals surface area contributed by atoms with Crippen LogP contribution in [0.4, 0.5) is 0 Å². The van der Waals surface area contributed by atoms with Gasteiger partial charge < -0.3 is 5.11 Å². The third-order valence-corrected chi connectivity index (χ3v) is 3.76. The molecular formula is C14H30O. The molecule has 0 radical (unpaired) electrons. The fourth-order valence-corrected chi connectivity index (χ4v) is 1.50. The fourth-order valence-electron chi connectivity index (χ4n) is 1.50. The van der Waals surface area contributed by atoms with Gasteiger partial charge in [-0.05, 0) is 42.9 Å². The van der Waals surface area contributed by atoms with E-state index in [1.54, 1.807) is 0 Å². The number of aliphatic hydroxyl groups is 1. The van der Waals surface area contributed by atoms with Crippen molar-refractivity contribution in [2.24, 2.45) is 17.3 Å². The fraction of sp³-hybridized carbons (Fsp3) is 1.00. The lowest BCUT2D eigenvalue weighted by molar-refractivity contribution is 0.114. The molecule has 0 aromatic carbocycles. The van der Waals surface area contributed by atoms with E-state index < -0.39 is 0 Å². The number of hydrogen-bond acceptors (Lipinski definition) is 1. The topological polar surface area (TPSA) is 20.2 Å². The highest BCUT2D eigenvalue weighted by atomic mass is 16.3. The average Bonchev–Trinajstić information content (AvgIpc) is 2.11. The molecule has 0 aromatic rings. The minimum atomic E-state index is -0.0922. The first-order chi connectivity index (χ1) is 6.75. The van der Waals surface area contributed by atoms with Crippen LogP contribution in [0.2, 0.25) is 0 Å². The Morgan fingerprint density at radius 1 is 0.933 bits per heavy atom. The Kier molecular flexibility index (Phi) is 6.51. The Balaban J connectivity index is 3.75. The first-order valence-electron chi connectivity index (χ1n) is 6.43. The third-order valence-electron chi connectivity index (χ3n) is 3.76. The minimum absolute atomic E-state index is 0.0922. The predicted octanol–water partition coefficient (Wildman–Crippen LogP) is 4.25. The molecule has 0 spiro atoms. The van der Waals surface area contributed by atoms with Gasteiger partial charge in [0.05, 0.1) is 6.10 Å². The quantitative estimate of drug-likeness (QED) is 0.672. The smallest absolute Gasteiger partial charge is 0.0540 e. The van der Waals surface area contributed by atoms with Crippen LogP contribution in [-0.4, -0.2) is 11.2 Å². The highest BCUT2D eigenvalue weighted by Gasteiger charge is 2.23. The van der Waals surface area contributed by atoms with Crippen LogP contribution >= 0.6 is 0 Å². The van der Waals surface area contributed by atoms with E-state index in [1.165, 1.54) is 0 Å². The Bertz CT molecular complexity index is 159. The Labute approximate surface area is 96.3 Å². The zero-order valence-corrected chi connectivity index (χ0v) is 11.5. The van der Waals surface area contributed by atoms with Crippen molar-refractivity contribution in [1.29, 1.82) is 0 Å². The van der Waals surface area contributed by atoms with Gasteiger partial charge in [-0.3, -0.25) is 0 Å². The molecule has 0 aliphatic carbocycles. The molecule has 0 rings (SSSR count). The number of rotatable bonds is 7. The summed E-state index contributed by atoms with van der Waals surface area (Å²) in [5, 5.41) is 9.84. The van der Waals surface area contributed by atoms with Crippen LogP contribution in [0.3, 0.4) is 0 Å². The normalized spacial score (nSPS) is 15.0. The largest absolute Gasteiger partial charge is 0.393 e. The van der Waals surface area contributed by atoms with Gasteiger partial charge in [-0.15, -0.1) is 0 Å². The summed E-state index contributed by atoms with van der Waals surface area (Å²) in [5.41, 5.74) is 0.360. The second-order valence-corrected chi connectivity index (χ2v) is 6.31. The summed E-state index contributed by atoms with van der Waals surface area (Å²) in [6.45, 7) is 13.6. The molecule has 0 aliphatic heterocycles. The van der Waals surface area contributed by atoms with Crippen LogP contribution in [0.15, 0.2) is 0 Å². The second-order valence-electron chi connectivity index (χ2n) is 6.31. The zero-order valence-electron chi connectivity index (χ0n) is 11.5. The molecule has 0 aliphatic rings. The maximum Gasteiger partial charge on any atom is 0.0540 e. The second kappa shape index (κ2) is 6.52. The first-order valence-corrected chi connectivity index (χ1v) is 6.43. The molecule has 0 heterocycles. The van der Waals surface area contributed by atoms with E-state index in [2.05, 4.69) is 41.5 Å². The van der Waals surface area contributed by atoms with Crippen molar-refractivity contribution in [1.82, 2.24) is 0 Å². The van der Waals surface area contributed by atoms with Crippen LogP contribution in [0.5, 0.6) is 0 Å². The Hall–Kier alpha value is -0.0400. The molecule has 0 aromatic heterocycles. The van der Waals surface area contributed by atoms with E-state index in [0.29, 0.717) is 17.3 Å². The molecule has 1 unspecified atom stereocenters. The molecule has 0 saturated heterocycles. The molecule has 0 amide bonds. The summed E-state index contributed by atoms with van der Waals surface area (Å²) in [7, 11) is 0. The summed E-state index contributed by atoms with van der Waals surface area (Å²) >= 11 is 0. The van der Waals surface area contributed by atoms with Gasteiger partial charge in [-0.2, -0.15) is 0 Å². The van der Waals surface area contributed by atoms with Gasteiger partial charge in [-0.25, -0.2) is 0 Å². The van der Waals surface area contributed by atoms with Crippen molar-refractivity contribution in [2.45, 2.75) is 73.3 Å². The van der Waals surface area contributed by atoms with Crippen LogP contribution < -0.4 is 0 Å². The van der Waals surface area contributed by atoms with Crippen molar-refractivity contribution in [3.8, 4) is 0 Å². The molecule has 1 atom stereocenters. The van der Waals surface area contributed by atoms with Gasteiger partial charge in [0.15, 0.2) is 0 Å². The Morgan fingerprint density at radius 2 is 1.47 bits per heavy atom. The minimum Gasteiger partial charge on any atom is -0.393 e. The van der Waals surface area contributed by atoms with Gasteiger partial charge >= 0.3 is 0 Å². The third kappa shape index (κ3) is 6.94. The van der Waals surface area contributed by atoms with Crippen LogP contribution in [0, 0.1) is 17.3 Å². The standard InChI is InChI=1S/C14H30O/c1-11(2)7-8-13(15)9-10-14(5,6)12(3)4/h11-13,15H,7-10H2,1-6H3. The van der Waals surface area contributed by atoms with Crippen molar-refractivity contribution in [2.75, 3.05) is 0 Å². The average molecular weight is 214 g/mol.